The number of aromatic nitrogens is 3. The highest BCUT2D eigenvalue weighted by molar-refractivity contribution is 6.05. The zero-order valence-corrected chi connectivity index (χ0v) is 13.8. The molecule has 1 saturated heterocycles. The Morgan fingerprint density at radius 1 is 1.27 bits per heavy atom. The predicted octanol–water partition coefficient (Wildman–Crippen LogP) is 1.16. The molecule has 1 unspecified atom stereocenters. The maximum atomic E-state index is 12.4. The number of nitrogens with zero attached hydrogens (tertiary/aromatic N) is 3. The number of amides is 1. The second-order valence-corrected chi connectivity index (χ2v) is 6.15. The van der Waals surface area contributed by atoms with Crippen molar-refractivity contribution in [2.45, 2.75) is 24.7 Å². The van der Waals surface area contributed by atoms with Crippen molar-refractivity contribution in [2.75, 3.05) is 11.9 Å². The topological polar surface area (TPSA) is 109 Å². The lowest BCUT2D eigenvalue weighted by molar-refractivity contribution is -0.0136. The molecule has 1 aromatic carbocycles. The van der Waals surface area contributed by atoms with E-state index in [1.807, 2.05) is 6.07 Å². The normalized spacial score (nSPS) is 22.6. The highest BCUT2D eigenvalue weighted by Gasteiger charge is 2.36. The zero-order valence-electron chi connectivity index (χ0n) is 13.8. The number of fused-ring (bicyclic) bond motifs is 1. The Hall–Kier alpha value is -2.81. The molecule has 3 N–H and O–H groups in total. The van der Waals surface area contributed by atoms with Gasteiger partial charge in [0.1, 0.15) is 17.9 Å². The van der Waals surface area contributed by atoms with Crippen LogP contribution in [0.4, 0.5) is 5.82 Å². The molecule has 26 heavy (non-hydrogen) atoms. The van der Waals surface area contributed by atoms with Gasteiger partial charge in [0.05, 0.1) is 24.5 Å². The van der Waals surface area contributed by atoms with Gasteiger partial charge in [-0.3, -0.25) is 4.79 Å². The molecule has 3 heterocycles. The van der Waals surface area contributed by atoms with Crippen LogP contribution in [0.2, 0.25) is 0 Å². The lowest BCUT2D eigenvalue weighted by Crippen LogP contribution is -2.17. The van der Waals surface area contributed by atoms with Crippen molar-refractivity contribution in [3.8, 4) is 0 Å². The number of hydrogen-bond donors (Lipinski definition) is 3. The number of anilines is 1. The summed E-state index contributed by atoms with van der Waals surface area (Å²) in [7, 11) is 0. The van der Waals surface area contributed by atoms with Crippen LogP contribution in [-0.4, -0.2) is 49.5 Å². The Morgan fingerprint density at radius 3 is 2.81 bits per heavy atom. The lowest BCUT2D eigenvalue weighted by atomic mass is 10.1. The minimum atomic E-state index is -0.734. The van der Waals surface area contributed by atoms with Gasteiger partial charge in [0, 0.05) is 12.0 Å². The van der Waals surface area contributed by atoms with Gasteiger partial charge < -0.3 is 20.3 Å². The first-order valence-electron chi connectivity index (χ1n) is 8.31. The summed E-state index contributed by atoms with van der Waals surface area (Å²) in [5, 5.41) is 26.5. The standard InChI is InChI=1S/C18H18N4O4/c23-9-12-8-15(24)16(26-12)13-6-7-14-17(19-10-20-22(13)14)21-18(25)11-4-2-1-3-5-11/h1-7,10,12,15-16,23-24H,8-9H2,(H,19,20,21,25)/t12-,15+,16?/m0/s1. The quantitative estimate of drug-likeness (QED) is 0.649. The molecule has 4 rings (SSSR count). The van der Waals surface area contributed by atoms with E-state index >= 15 is 0 Å². The highest BCUT2D eigenvalue weighted by Crippen LogP contribution is 2.34. The summed E-state index contributed by atoms with van der Waals surface area (Å²) in [5.74, 6) is 0.0951. The number of benzene rings is 1. The van der Waals surface area contributed by atoms with Gasteiger partial charge >= 0.3 is 0 Å². The second-order valence-electron chi connectivity index (χ2n) is 6.15. The van der Waals surface area contributed by atoms with E-state index in [0.29, 0.717) is 29.0 Å². The third kappa shape index (κ3) is 2.94. The van der Waals surface area contributed by atoms with Crippen LogP contribution < -0.4 is 5.32 Å². The van der Waals surface area contributed by atoms with Crippen molar-refractivity contribution in [2.24, 2.45) is 0 Å². The fourth-order valence-electron chi connectivity index (χ4n) is 3.17. The van der Waals surface area contributed by atoms with Crippen LogP contribution in [0.3, 0.4) is 0 Å². The summed E-state index contributed by atoms with van der Waals surface area (Å²) in [5.41, 5.74) is 1.76. The van der Waals surface area contributed by atoms with Crippen LogP contribution in [0.25, 0.3) is 5.52 Å². The summed E-state index contributed by atoms with van der Waals surface area (Å²) >= 11 is 0. The number of hydrogen-bond acceptors (Lipinski definition) is 6. The highest BCUT2D eigenvalue weighted by atomic mass is 16.5. The van der Waals surface area contributed by atoms with Crippen molar-refractivity contribution >= 4 is 17.2 Å². The Balaban J connectivity index is 1.64. The molecule has 1 aliphatic rings. The van der Waals surface area contributed by atoms with Crippen LogP contribution >= 0.6 is 0 Å². The molecule has 0 saturated carbocycles. The van der Waals surface area contributed by atoms with Gasteiger partial charge in [-0.05, 0) is 24.3 Å². The molecule has 0 bridgehead atoms. The molecule has 8 nitrogen and oxygen atoms in total. The van der Waals surface area contributed by atoms with E-state index in [1.54, 1.807) is 40.9 Å². The number of carbonyl (C=O) groups is 1. The van der Waals surface area contributed by atoms with E-state index in [1.165, 1.54) is 6.33 Å². The third-order valence-corrected chi connectivity index (χ3v) is 4.44. The molecular formula is C18H18N4O4. The first-order valence-corrected chi connectivity index (χ1v) is 8.31. The van der Waals surface area contributed by atoms with Crippen molar-refractivity contribution in [3.63, 3.8) is 0 Å². The first kappa shape index (κ1) is 16.6. The fraction of sp³-hybridized carbons (Fsp3) is 0.278. The molecule has 0 spiro atoms. The van der Waals surface area contributed by atoms with Gasteiger partial charge in [-0.25, -0.2) is 9.50 Å². The van der Waals surface area contributed by atoms with Crippen molar-refractivity contribution < 1.29 is 19.7 Å². The van der Waals surface area contributed by atoms with Crippen LogP contribution in [0.15, 0.2) is 48.8 Å². The van der Waals surface area contributed by atoms with Gasteiger partial charge in [0.2, 0.25) is 0 Å². The molecule has 0 aliphatic carbocycles. The molecule has 2 aromatic heterocycles. The van der Waals surface area contributed by atoms with Crippen LogP contribution in [0, 0.1) is 0 Å². The van der Waals surface area contributed by atoms with Crippen LogP contribution in [0.5, 0.6) is 0 Å². The van der Waals surface area contributed by atoms with Gasteiger partial charge in [-0.15, -0.1) is 0 Å². The maximum Gasteiger partial charge on any atom is 0.256 e. The van der Waals surface area contributed by atoms with E-state index in [9.17, 15) is 15.0 Å². The minimum absolute atomic E-state index is 0.149. The second kappa shape index (κ2) is 6.83. The fourth-order valence-corrected chi connectivity index (χ4v) is 3.17. The smallest absolute Gasteiger partial charge is 0.256 e. The summed E-state index contributed by atoms with van der Waals surface area (Å²) in [6.07, 6.45) is -0.0385. The molecule has 1 amide bonds. The molecule has 1 fully saturated rings. The summed E-state index contributed by atoms with van der Waals surface area (Å²) in [4.78, 5) is 16.5. The van der Waals surface area contributed by atoms with Crippen molar-refractivity contribution in [1.29, 1.82) is 0 Å². The summed E-state index contributed by atoms with van der Waals surface area (Å²) in [6, 6.07) is 12.4. The van der Waals surface area contributed by atoms with Gasteiger partial charge in [0.15, 0.2) is 5.82 Å². The number of carbonyl (C=O) groups excluding carboxylic acids is 1. The van der Waals surface area contributed by atoms with Crippen molar-refractivity contribution in [1.82, 2.24) is 14.6 Å². The van der Waals surface area contributed by atoms with E-state index in [4.69, 9.17) is 4.74 Å². The molecule has 0 radical (unpaired) electrons. The molecular weight excluding hydrogens is 336 g/mol. The SMILES string of the molecule is O=C(Nc1ncnn2c(C3O[C@H](CO)C[C@H]3O)ccc12)c1ccccc1. The van der Waals surface area contributed by atoms with E-state index in [2.05, 4.69) is 15.4 Å². The van der Waals surface area contributed by atoms with E-state index in [0.717, 1.165) is 0 Å². The number of nitrogens with one attached hydrogen (secondary N) is 1. The molecule has 134 valence electrons. The molecule has 3 aromatic rings. The number of rotatable bonds is 4. The molecule has 1 aliphatic heterocycles. The number of aliphatic hydroxyl groups excluding tert-OH is 2. The van der Waals surface area contributed by atoms with Gasteiger partial charge in [-0.2, -0.15) is 5.10 Å². The Morgan fingerprint density at radius 2 is 2.08 bits per heavy atom. The number of aliphatic hydroxyl groups is 2. The maximum absolute atomic E-state index is 12.4. The first-order chi connectivity index (χ1) is 12.7. The zero-order chi connectivity index (χ0) is 18.1. The third-order valence-electron chi connectivity index (χ3n) is 4.44. The Labute approximate surface area is 149 Å². The van der Waals surface area contributed by atoms with E-state index in [-0.39, 0.29) is 12.5 Å². The van der Waals surface area contributed by atoms with Gasteiger partial charge in [0.25, 0.3) is 5.91 Å². The Bertz CT molecular complexity index is 927. The summed E-state index contributed by atoms with van der Waals surface area (Å²) in [6.45, 7) is -0.149. The lowest BCUT2D eigenvalue weighted by Gasteiger charge is -2.14. The van der Waals surface area contributed by atoms with Crippen molar-refractivity contribution in [3.05, 3.63) is 60.0 Å². The summed E-state index contributed by atoms with van der Waals surface area (Å²) < 4.78 is 7.28. The average molecular weight is 354 g/mol. The molecule has 3 atom stereocenters. The van der Waals surface area contributed by atoms with Crippen LogP contribution in [0.1, 0.15) is 28.6 Å². The predicted molar refractivity (Wildman–Crippen MR) is 92.7 cm³/mol. The van der Waals surface area contributed by atoms with Crippen LogP contribution in [-0.2, 0) is 4.74 Å². The van der Waals surface area contributed by atoms with E-state index < -0.39 is 18.3 Å². The van der Waals surface area contributed by atoms with Gasteiger partial charge in [-0.1, -0.05) is 18.2 Å². The average Bonchev–Trinajstić information content (AvgIpc) is 3.26. The Kier molecular flexibility index (Phi) is 4.37. The monoisotopic (exact) mass is 354 g/mol. The number of ether oxygens (including phenoxy) is 1. The minimum Gasteiger partial charge on any atom is -0.394 e. The largest absolute Gasteiger partial charge is 0.394 e. The molecule has 8 heteroatoms.